The second-order valence-corrected chi connectivity index (χ2v) is 3.41. The van der Waals surface area contributed by atoms with Gasteiger partial charge in [-0.1, -0.05) is 13.0 Å². The molecule has 2 N–H and O–H groups in total. The SMILES string of the molecule is CCC(Cc1ccccn1)NC(=O)C(=O)O. The van der Waals surface area contributed by atoms with Gasteiger partial charge in [-0.25, -0.2) is 4.79 Å². The van der Waals surface area contributed by atoms with Crippen LogP contribution in [0.1, 0.15) is 19.0 Å². The van der Waals surface area contributed by atoms with Gasteiger partial charge in [-0.3, -0.25) is 9.78 Å². The summed E-state index contributed by atoms with van der Waals surface area (Å²) < 4.78 is 0. The van der Waals surface area contributed by atoms with Crippen molar-refractivity contribution in [2.45, 2.75) is 25.8 Å². The summed E-state index contributed by atoms with van der Waals surface area (Å²) in [5, 5.41) is 10.9. The zero-order valence-electron chi connectivity index (χ0n) is 9.01. The number of amides is 1. The number of carbonyl (C=O) groups is 2. The maximum atomic E-state index is 11.0. The molecule has 0 radical (unpaired) electrons. The lowest BCUT2D eigenvalue weighted by Crippen LogP contribution is -2.40. The van der Waals surface area contributed by atoms with Crippen molar-refractivity contribution in [2.75, 3.05) is 0 Å². The normalized spacial score (nSPS) is 11.8. The van der Waals surface area contributed by atoms with E-state index in [0.29, 0.717) is 12.8 Å². The Labute approximate surface area is 93.5 Å². The Morgan fingerprint density at radius 3 is 2.75 bits per heavy atom. The molecule has 86 valence electrons. The van der Waals surface area contributed by atoms with Crippen LogP contribution in [0, 0.1) is 0 Å². The Bertz CT molecular complexity index is 365. The highest BCUT2D eigenvalue weighted by molar-refractivity contribution is 6.31. The molecule has 1 amide bonds. The summed E-state index contributed by atoms with van der Waals surface area (Å²) >= 11 is 0. The number of hydrogen-bond acceptors (Lipinski definition) is 3. The molecule has 16 heavy (non-hydrogen) atoms. The number of nitrogens with zero attached hydrogens (tertiary/aromatic N) is 1. The van der Waals surface area contributed by atoms with Crippen LogP contribution in [0.3, 0.4) is 0 Å². The zero-order valence-corrected chi connectivity index (χ0v) is 9.01. The van der Waals surface area contributed by atoms with Gasteiger partial charge in [0.05, 0.1) is 0 Å². The molecule has 1 atom stereocenters. The van der Waals surface area contributed by atoms with E-state index in [2.05, 4.69) is 10.3 Å². The Hall–Kier alpha value is -1.91. The summed E-state index contributed by atoms with van der Waals surface area (Å²) in [4.78, 5) is 25.5. The molecule has 0 aliphatic carbocycles. The van der Waals surface area contributed by atoms with Crippen LogP contribution in [-0.2, 0) is 16.0 Å². The predicted molar refractivity (Wildman–Crippen MR) is 57.8 cm³/mol. The summed E-state index contributed by atoms with van der Waals surface area (Å²) in [6.45, 7) is 1.88. The number of aromatic nitrogens is 1. The largest absolute Gasteiger partial charge is 0.474 e. The third-order valence-electron chi connectivity index (χ3n) is 2.20. The first kappa shape index (κ1) is 12.2. The summed E-state index contributed by atoms with van der Waals surface area (Å²) in [6, 6.07) is 5.31. The molecule has 0 aliphatic rings. The molecular formula is C11H14N2O3. The minimum absolute atomic E-state index is 0.196. The highest BCUT2D eigenvalue weighted by Gasteiger charge is 2.16. The van der Waals surface area contributed by atoms with E-state index in [-0.39, 0.29) is 6.04 Å². The molecule has 0 saturated carbocycles. The topological polar surface area (TPSA) is 79.3 Å². The molecule has 5 nitrogen and oxygen atoms in total. The summed E-state index contributed by atoms with van der Waals surface area (Å²) in [5.74, 6) is -2.43. The molecule has 1 aromatic rings. The number of hydrogen-bond donors (Lipinski definition) is 2. The van der Waals surface area contributed by atoms with Crippen LogP contribution in [0.25, 0.3) is 0 Å². The zero-order chi connectivity index (χ0) is 12.0. The number of rotatable bonds is 4. The van der Waals surface area contributed by atoms with Crippen molar-refractivity contribution in [3.8, 4) is 0 Å². The first-order chi connectivity index (χ1) is 7.63. The van der Waals surface area contributed by atoms with Crippen molar-refractivity contribution in [2.24, 2.45) is 0 Å². The molecule has 1 heterocycles. The Morgan fingerprint density at radius 2 is 2.25 bits per heavy atom. The molecule has 0 spiro atoms. The number of carboxylic acids is 1. The van der Waals surface area contributed by atoms with Crippen LogP contribution in [-0.4, -0.2) is 28.0 Å². The number of carbonyl (C=O) groups excluding carboxylic acids is 1. The summed E-state index contributed by atoms with van der Waals surface area (Å²) in [5.41, 5.74) is 0.833. The van der Waals surface area contributed by atoms with E-state index in [9.17, 15) is 9.59 Å². The molecular weight excluding hydrogens is 208 g/mol. The van der Waals surface area contributed by atoms with Gasteiger partial charge in [0.25, 0.3) is 0 Å². The Balaban J connectivity index is 2.56. The van der Waals surface area contributed by atoms with Crippen LogP contribution in [0.5, 0.6) is 0 Å². The Kier molecular flexibility index (Phi) is 4.44. The van der Waals surface area contributed by atoms with E-state index >= 15 is 0 Å². The molecule has 0 fully saturated rings. The van der Waals surface area contributed by atoms with Gasteiger partial charge in [-0.05, 0) is 18.6 Å². The summed E-state index contributed by atoms with van der Waals surface area (Å²) in [6.07, 6.45) is 2.87. The van der Waals surface area contributed by atoms with Gasteiger partial charge in [0, 0.05) is 24.4 Å². The fourth-order valence-corrected chi connectivity index (χ4v) is 1.32. The van der Waals surface area contributed by atoms with Crippen LogP contribution in [0.15, 0.2) is 24.4 Å². The molecule has 1 unspecified atom stereocenters. The van der Waals surface area contributed by atoms with E-state index in [4.69, 9.17) is 5.11 Å². The lowest BCUT2D eigenvalue weighted by Gasteiger charge is -2.14. The van der Waals surface area contributed by atoms with Gasteiger partial charge < -0.3 is 10.4 Å². The molecule has 5 heteroatoms. The number of carboxylic acid groups (broad SMARTS) is 1. The minimum Gasteiger partial charge on any atom is -0.474 e. The van der Waals surface area contributed by atoms with Crippen molar-refractivity contribution in [3.63, 3.8) is 0 Å². The van der Waals surface area contributed by atoms with E-state index in [1.807, 2.05) is 19.1 Å². The van der Waals surface area contributed by atoms with Gasteiger partial charge in [0.2, 0.25) is 0 Å². The molecule has 1 aromatic heterocycles. The maximum Gasteiger partial charge on any atom is 0.394 e. The second kappa shape index (κ2) is 5.85. The first-order valence-electron chi connectivity index (χ1n) is 5.07. The number of nitrogens with one attached hydrogen (secondary N) is 1. The lowest BCUT2D eigenvalue weighted by atomic mass is 10.1. The first-order valence-corrected chi connectivity index (χ1v) is 5.07. The van der Waals surface area contributed by atoms with Gasteiger partial charge >= 0.3 is 11.9 Å². The van der Waals surface area contributed by atoms with Crippen molar-refractivity contribution in [1.29, 1.82) is 0 Å². The minimum atomic E-state index is -1.46. The van der Waals surface area contributed by atoms with Crippen LogP contribution in [0.4, 0.5) is 0 Å². The molecule has 0 aliphatic heterocycles. The van der Waals surface area contributed by atoms with Gasteiger partial charge in [0.15, 0.2) is 0 Å². The number of aliphatic carboxylic acids is 1. The lowest BCUT2D eigenvalue weighted by molar-refractivity contribution is -0.150. The smallest absolute Gasteiger partial charge is 0.394 e. The third kappa shape index (κ3) is 3.68. The predicted octanol–water partition coefficient (Wildman–Crippen LogP) is 0.603. The van der Waals surface area contributed by atoms with Crippen molar-refractivity contribution >= 4 is 11.9 Å². The van der Waals surface area contributed by atoms with E-state index < -0.39 is 11.9 Å². The highest BCUT2D eigenvalue weighted by Crippen LogP contribution is 2.02. The van der Waals surface area contributed by atoms with E-state index in [1.165, 1.54) is 0 Å². The van der Waals surface area contributed by atoms with Gasteiger partial charge in [0.1, 0.15) is 0 Å². The Morgan fingerprint density at radius 1 is 1.50 bits per heavy atom. The molecule has 0 saturated heterocycles. The highest BCUT2D eigenvalue weighted by atomic mass is 16.4. The van der Waals surface area contributed by atoms with Crippen LogP contribution < -0.4 is 5.32 Å². The van der Waals surface area contributed by atoms with Crippen LogP contribution in [0.2, 0.25) is 0 Å². The summed E-state index contributed by atoms with van der Waals surface area (Å²) in [7, 11) is 0. The fraction of sp³-hybridized carbons (Fsp3) is 0.364. The second-order valence-electron chi connectivity index (χ2n) is 3.41. The monoisotopic (exact) mass is 222 g/mol. The van der Waals surface area contributed by atoms with Crippen LogP contribution >= 0.6 is 0 Å². The molecule has 0 aromatic carbocycles. The van der Waals surface area contributed by atoms with Gasteiger partial charge in [-0.2, -0.15) is 0 Å². The fourth-order valence-electron chi connectivity index (χ4n) is 1.32. The molecule has 1 rings (SSSR count). The average Bonchev–Trinajstić information content (AvgIpc) is 2.29. The molecule has 0 bridgehead atoms. The van der Waals surface area contributed by atoms with Crippen molar-refractivity contribution < 1.29 is 14.7 Å². The average molecular weight is 222 g/mol. The maximum absolute atomic E-state index is 11.0. The third-order valence-corrected chi connectivity index (χ3v) is 2.20. The standard InChI is InChI=1S/C11H14N2O3/c1-2-8(13-10(14)11(15)16)7-9-5-3-4-6-12-9/h3-6,8H,2,7H2,1H3,(H,13,14)(H,15,16). The number of pyridine rings is 1. The van der Waals surface area contributed by atoms with Crippen molar-refractivity contribution in [1.82, 2.24) is 10.3 Å². The van der Waals surface area contributed by atoms with E-state index in [1.54, 1.807) is 12.3 Å². The van der Waals surface area contributed by atoms with Crippen molar-refractivity contribution in [3.05, 3.63) is 30.1 Å². The van der Waals surface area contributed by atoms with Gasteiger partial charge in [-0.15, -0.1) is 0 Å². The van der Waals surface area contributed by atoms with E-state index in [0.717, 1.165) is 5.69 Å². The quantitative estimate of drug-likeness (QED) is 0.731.